The van der Waals surface area contributed by atoms with Gasteiger partial charge in [0.15, 0.2) is 5.82 Å². The van der Waals surface area contributed by atoms with Crippen molar-refractivity contribution < 1.29 is 5.11 Å². The Morgan fingerprint density at radius 3 is 2.73 bits per heavy atom. The second-order valence-corrected chi connectivity index (χ2v) is 8.69. The standard InChI is InChI=1S/C24H26ClN7O/c1-16(29-23-22-21(27-15-28-23)3-2-6-26-22)19-14-17-13-18(25)4-5-20(17)30-24(19)32-9-7-31(8-10-32)11-12-33/h2-6,13-16,33H,7-12H2,1H3,(H,27,28,29). The summed E-state index contributed by atoms with van der Waals surface area (Å²) < 4.78 is 0. The smallest absolute Gasteiger partial charge is 0.156 e. The van der Waals surface area contributed by atoms with Gasteiger partial charge < -0.3 is 15.3 Å². The molecule has 0 spiro atoms. The van der Waals surface area contributed by atoms with Crippen molar-refractivity contribution >= 4 is 45.2 Å². The highest BCUT2D eigenvalue weighted by Gasteiger charge is 2.23. The molecule has 8 nitrogen and oxygen atoms in total. The molecule has 1 unspecified atom stereocenters. The number of pyridine rings is 2. The van der Waals surface area contributed by atoms with E-state index < -0.39 is 0 Å². The number of halogens is 1. The van der Waals surface area contributed by atoms with E-state index in [1.807, 2.05) is 30.3 Å². The van der Waals surface area contributed by atoms with E-state index in [0.29, 0.717) is 17.4 Å². The molecule has 2 N–H and O–H groups in total. The lowest BCUT2D eigenvalue weighted by Gasteiger charge is -2.36. The van der Waals surface area contributed by atoms with E-state index in [1.165, 1.54) is 0 Å². The van der Waals surface area contributed by atoms with Crippen molar-refractivity contribution in [2.24, 2.45) is 0 Å². The Balaban J connectivity index is 1.52. The largest absolute Gasteiger partial charge is 0.395 e. The van der Waals surface area contributed by atoms with Crippen LogP contribution >= 0.6 is 11.6 Å². The number of rotatable bonds is 6. The number of nitrogens with one attached hydrogen (secondary N) is 1. The predicted molar refractivity (Wildman–Crippen MR) is 132 cm³/mol. The summed E-state index contributed by atoms with van der Waals surface area (Å²) in [6, 6.07) is 11.7. The van der Waals surface area contributed by atoms with E-state index in [-0.39, 0.29) is 12.6 Å². The fourth-order valence-electron chi connectivity index (χ4n) is 4.33. The predicted octanol–water partition coefficient (Wildman–Crippen LogP) is 3.51. The molecule has 1 aliphatic rings. The van der Waals surface area contributed by atoms with Crippen LogP contribution in [0.3, 0.4) is 0 Å². The highest BCUT2D eigenvalue weighted by molar-refractivity contribution is 6.31. The number of β-amino-alcohol motifs (C(OH)–C–C–N with tert-alkyl or cyclic N) is 1. The highest BCUT2D eigenvalue weighted by atomic mass is 35.5. The van der Waals surface area contributed by atoms with Gasteiger partial charge in [-0.15, -0.1) is 0 Å². The zero-order valence-corrected chi connectivity index (χ0v) is 19.2. The molecule has 1 fully saturated rings. The zero-order valence-electron chi connectivity index (χ0n) is 18.4. The van der Waals surface area contributed by atoms with Crippen LogP contribution in [-0.4, -0.2) is 69.3 Å². The van der Waals surface area contributed by atoms with Gasteiger partial charge in [0.05, 0.1) is 23.7 Å². The van der Waals surface area contributed by atoms with Crippen molar-refractivity contribution in [3.8, 4) is 0 Å². The first kappa shape index (κ1) is 21.8. The first-order chi connectivity index (χ1) is 16.1. The average molecular weight is 464 g/mol. The lowest BCUT2D eigenvalue weighted by atomic mass is 10.0. The number of nitrogens with zero attached hydrogens (tertiary/aromatic N) is 6. The molecule has 0 bridgehead atoms. The molecular weight excluding hydrogens is 438 g/mol. The third kappa shape index (κ3) is 4.55. The maximum absolute atomic E-state index is 9.27. The summed E-state index contributed by atoms with van der Waals surface area (Å²) in [5.41, 5.74) is 3.52. The molecule has 1 atom stereocenters. The van der Waals surface area contributed by atoms with Crippen molar-refractivity contribution in [3.05, 3.63) is 59.5 Å². The van der Waals surface area contributed by atoms with Gasteiger partial charge in [0.2, 0.25) is 0 Å². The second kappa shape index (κ2) is 9.43. The van der Waals surface area contributed by atoms with Gasteiger partial charge in [-0.25, -0.2) is 15.0 Å². The van der Waals surface area contributed by atoms with Crippen LogP contribution in [-0.2, 0) is 0 Å². The van der Waals surface area contributed by atoms with Crippen LogP contribution in [0.25, 0.3) is 21.9 Å². The van der Waals surface area contributed by atoms with Gasteiger partial charge in [-0.3, -0.25) is 9.88 Å². The van der Waals surface area contributed by atoms with Crippen molar-refractivity contribution in [2.45, 2.75) is 13.0 Å². The molecule has 0 saturated carbocycles. The Kier molecular flexibility index (Phi) is 6.22. The molecule has 4 heterocycles. The maximum Gasteiger partial charge on any atom is 0.156 e. The molecule has 0 radical (unpaired) electrons. The van der Waals surface area contributed by atoms with E-state index in [2.05, 4.69) is 43.1 Å². The highest BCUT2D eigenvalue weighted by Crippen LogP contribution is 2.32. The minimum Gasteiger partial charge on any atom is -0.395 e. The number of aliphatic hydroxyl groups excluding tert-OH is 1. The monoisotopic (exact) mass is 463 g/mol. The summed E-state index contributed by atoms with van der Waals surface area (Å²) in [4.78, 5) is 22.9. The number of fused-ring (bicyclic) bond motifs is 2. The van der Waals surface area contributed by atoms with Crippen LogP contribution in [0.1, 0.15) is 18.5 Å². The molecule has 9 heteroatoms. The number of piperazine rings is 1. The van der Waals surface area contributed by atoms with Crippen molar-refractivity contribution in [1.82, 2.24) is 24.8 Å². The quantitative estimate of drug-likeness (QED) is 0.449. The lowest BCUT2D eigenvalue weighted by Crippen LogP contribution is -2.47. The summed E-state index contributed by atoms with van der Waals surface area (Å²) >= 11 is 6.27. The SMILES string of the molecule is CC(Nc1ncnc2cccnc12)c1cc2cc(Cl)ccc2nc1N1CCN(CCO)CC1. The van der Waals surface area contributed by atoms with Gasteiger partial charge in [-0.2, -0.15) is 0 Å². The fraction of sp³-hybridized carbons (Fsp3) is 0.333. The molecule has 1 saturated heterocycles. The molecule has 0 aliphatic carbocycles. The van der Waals surface area contributed by atoms with Gasteiger partial charge in [0.25, 0.3) is 0 Å². The summed E-state index contributed by atoms with van der Waals surface area (Å²) in [5.74, 6) is 1.65. The van der Waals surface area contributed by atoms with Crippen LogP contribution in [0, 0.1) is 0 Å². The van der Waals surface area contributed by atoms with Crippen LogP contribution in [0.5, 0.6) is 0 Å². The summed E-state index contributed by atoms with van der Waals surface area (Å²) in [7, 11) is 0. The number of hydrogen-bond donors (Lipinski definition) is 2. The van der Waals surface area contributed by atoms with Crippen LogP contribution < -0.4 is 10.2 Å². The molecule has 0 amide bonds. The lowest BCUT2D eigenvalue weighted by molar-refractivity contribution is 0.188. The van der Waals surface area contributed by atoms with E-state index in [0.717, 1.165) is 59.5 Å². The number of benzene rings is 1. The first-order valence-corrected chi connectivity index (χ1v) is 11.5. The van der Waals surface area contributed by atoms with E-state index in [1.54, 1.807) is 12.5 Å². The van der Waals surface area contributed by atoms with Crippen molar-refractivity contribution in [2.75, 3.05) is 49.5 Å². The number of hydrogen-bond acceptors (Lipinski definition) is 8. The van der Waals surface area contributed by atoms with E-state index in [9.17, 15) is 5.11 Å². The summed E-state index contributed by atoms with van der Waals surface area (Å²) in [6.45, 7) is 6.48. The van der Waals surface area contributed by atoms with Crippen molar-refractivity contribution in [3.63, 3.8) is 0 Å². The van der Waals surface area contributed by atoms with Crippen LogP contribution in [0.2, 0.25) is 5.02 Å². The fourth-order valence-corrected chi connectivity index (χ4v) is 4.51. The first-order valence-electron chi connectivity index (χ1n) is 11.1. The van der Waals surface area contributed by atoms with Crippen LogP contribution in [0.4, 0.5) is 11.6 Å². The molecule has 1 aromatic carbocycles. The number of aliphatic hydroxyl groups is 1. The zero-order chi connectivity index (χ0) is 22.8. The molecule has 170 valence electrons. The van der Waals surface area contributed by atoms with E-state index in [4.69, 9.17) is 16.6 Å². The van der Waals surface area contributed by atoms with Gasteiger partial charge in [-0.05, 0) is 43.3 Å². The molecule has 3 aromatic heterocycles. The Labute approximate surface area is 197 Å². The molecular formula is C24H26ClN7O. The minimum atomic E-state index is -0.0774. The number of aromatic nitrogens is 4. The Bertz CT molecular complexity index is 1270. The second-order valence-electron chi connectivity index (χ2n) is 8.25. The third-order valence-electron chi connectivity index (χ3n) is 6.09. The average Bonchev–Trinajstić information content (AvgIpc) is 2.84. The topological polar surface area (TPSA) is 90.3 Å². The summed E-state index contributed by atoms with van der Waals surface area (Å²) in [5, 5.41) is 14.5. The maximum atomic E-state index is 9.27. The Morgan fingerprint density at radius 1 is 1.06 bits per heavy atom. The molecule has 33 heavy (non-hydrogen) atoms. The van der Waals surface area contributed by atoms with Gasteiger partial charge >= 0.3 is 0 Å². The molecule has 1 aliphatic heterocycles. The van der Waals surface area contributed by atoms with Gasteiger partial charge in [0, 0.05) is 54.9 Å². The molecule has 5 rings (SSSR count). The number of anilines is 2. The Hall–Kier alpha value is -3.07. The third-order valence-corrected chi connectivity index (χ3v) is 6.32. The van der Waals surface area contributed by atoms with Crippen LogP contribution in [0.15, 0.2) is 48.9 Å². The van der Waals surface area contributed by atoms with Gasteiger partial charge in [-0.1, -0.05) is 11.6 Å². The van der Waals surface area contributed by atoms with Gasteiger partial charge in [0.1, 0.15) is 17.7 Å². The van der Waals surface area contributed by atoms with E-state index >= 15 is 0 Å². The summed E-state index contributed by atoms with van der Waals surface area (Å²) in [6.07, 6.45) is 3.30. The normalized spacial score (nSPS) is 15.8. The minimum absolute atomic E-state index is 0.0774. The van der Waals surface area contributed by atoms with Crippen molar-refractivity contribution in [1.29, 1.82) is 0 Å². The Morgan fingerprint density at radius 2 is 1.91 bits per heavy atom. The molecule has 4 aromatic rings.